The van der Waals surface area contributed by atoms with Gasteiger partial charge in [0.15, 0.2) is 0 Å². The van der Waals surface area contributed by atoms with E-state index in [4.69, 9.17) is 4.74 Å². The van der Waals surface area contributed by atoms with Gasteiger partial charge >= 0.3 is 5.97 Å². The van der Waals surface area contributed by atoms with E-state index in [1.165, 1.54) is 0 Å². The number of hydrogen-bond acceptors (Lipinski definition) is 3. The molecule has 0 aromatic rings. The van der Waals surface area contributed by atoms with Crippen LogP contribution in [0.5, 0.6) is 0 Å². The van der Waals surface area contributed by atoms with Crippen LogP contribution in [0.4, 0.5) is 0 Å². The van der Waals surface area contributed by atoms with Gasteiger partial charge < -0.3 is 4.74 Å². The van der Waals surface area contributed by atoms with Crippen molar-refractivity contribution >= 4 is 18.6 Å². The van der Waals surface area contributed by atoms with Gasteiger partial charge in [-0.1, -0.05) is 13.3 Å². The minimum absolute atomic E-state index is 0.149. The van der Waals surface area contributed by atoms with Crippen LogP contribution in [-0.4, -0.2) is 11.4 Å². The average molecular weight is 162 g/mol. The van der Waals surface area contributed by atoms with Gasteiger partial charge in [-0.25, -0.2) is 0 Å². The Balaban J connectivity index is 3.26. The molecule has 0 aliphatic carbocycles. The summed E-state index contributed by atoms with van der Waals surface area (Å²) in [6, 6.07) is 0. The molecule has 0 bridgehead atoms. The number of thiol groups is 1. The summed E-state index contributed by atoms with van der Waals surface area (Å²) in [4.78, 5) is 10.7. The Hall–Kier alpha value is -0.180. The van der Waals surface area contributed by atoms with Gasteiger partial charge in [0.1, 0.15) is 5.44 Å². The maximum atomic E-state index is 10.7. The van der Waals surface area contributed by atoms with Gasteiger partial charge in [-0.15, -0.1) is 12.6 Å². The van der Waals surface area contributed by atoms with E-state index in [2.05, 4.69) is 12.6 Å². The second-order valence-corrected chi connectivity index (χ2v) is 2.92. The van der Waals surface area contributed by atoms with Crippen LogP contribution in [0, 0.1) is 0 Å². The number of carbonyl (C=O) groups excluding carboxylic acids is 1. The number of hydrogen-bond donors (Lipinski definition) is 1. The molecule has 10 heavy (non-hydrogen) atoms. The first kappa shape index (κ1) is 9.82. The van der Waals surface area contributed by atoms with Crippen LogP contribution in [0.25, 0.3) is 0 Å². The van der Waals surface area contributed by atoms with E-state index in [0.717, 1.165) is 12.8 Å². The number of rotatable bonds is 4. The zero-order chi connectivity index (χ0) is 7.98. The Morgan fingerprint density at radius 2 is 2.30 bits per heavy atom. The molecular formula is C7H14O2S. The summed E-state index contributed by atoms with van der Waals surface area (Å²) in [5.41, 5.74) is -0.274. The van der Waals surface area contributed by atoms with Crippen molar-refractivity contribution in [2.24, 2.45) is 0 Å². The third-order valence-electron chi connectivity index (χ3n) is 1.04. The second-order valence-electron chi connectivity index (χ2n) is 2.19. The highest BCUT2D eigenvalue weighted by molar-refractivity contribution is 7.80. The van der Waals surface area contributed by atoms with Gasteiger partial charge in [0.2, 0.25) is 0 Å². The van der Waals surface area contributed by atoms with E-state index in [-0.39, 0.29) is 11.4 Å². The minimum Gasteiger partial charge on any atom is -0.452 e. The lowest BCUT2D eigenvalue weighted by molar-refractivity contribution is -0.144. The molecule has 60 valence electrons. The molecule has 0 aliphatic heterocycles. The molecule has 0 heterocycles. The molecule has 0 fully saturated rings. The second kappa shape index (κ2) is 5.59. The predicted octanol–water partition coefficient (Wildman–Crippen LogP) is 2.00. The summed E-state index contributed by atoms with van der Waals surface area (Å²) in [7, 11) is 0. The number of unbranched alkanes of at least 4 members (excludes halogenated alkanes) is 1. The molecule has 0 saturated heterocycles. The van der Waals surface area contributed by atoms with Gasteiger partial charge in [-0.05, 0) is 13.3 Å². The maximum absolute atomic E-state index is 10.7. The van der Waals surface area contributed by atoms with Crippen LogP contribution in [0.2, 0.25) is 0 Å². The Morgan fingerprint density at radius 3 is 2.70 bits per heavy atom. The first-order valence-corrected chi connectivity index (χ1v) is 4.06. The molecule has 3 heteroatoms. The van der Waals surface area contributed by atoms with Crippen molar-refractivity contribution in [3.8, 4) is 0 Å². The lowest BCUT2D eigenvalue weighted by Gasteiger charge is -2.05. The van der Waals surface area contributed by atoms with Crippen molar-refractivity contribution in [1.82, 2.24) is 0 Å². The lowest BCUT2D eigenvalue weighted by atomic mass is 10.2. The predicted molar refractivity (Wildman–Crippen MR) is 44.1 cm³/mol. The number of ether oxygens (including phenoxy) is 1. The van der Waals surface area contributed by atoms with Crippen molar-refractivity contribution in [2.45, 2.75) is 38.5 Å². The van der Waals surface area contributed by atoms with Crippen LogP contribution < -0.4 is 0 Å². The van der Waals surface area contributed by atoms with E-state index >= 15 is 0 Å². The molecular weight excluding hydrogens is 148 g/mol. The summed E-state index contributed by atoms with van der Waals surface area (Å²) in [6.07, 6.45) is 2.44. The van der Waals surface area contributed by atoms with Crippen molar-refractivity contribution in [3.05, 3.63) is 0 Å². The van der Waals surface area contributed by atoms with E-state index < -0.39 is 0 Å². The Kier molecular flexibility index (Phi) is 5.49. The quantitative estimate of drug-likeness (QED) is 0.389. The van der Waals surface area contributed by atoms with E-state index in [1.54, 1.807) is 6.92 Å². The Bertz CT molecular complexity index is 102. The lowest BCUT2D eigenvalue weighted by Crippen LogP contribution is -2.08. The third-order valence-corrected chi connectivity index (χ3v) is 1.14. The molecule has 0 N–H and O–H groups in total. The maximum Gasteiger partial charge on any atom is 0.306 e. The van der Waals surface area contributed by atoms with Gasteiger partial charge in [0.25, 0.3) is 0 Å². The smallest absolute Gasteiger partial charge is 0.306 e. The highest BCUT2D eigenvalue weighted by Crippen LogP contribution is 2.01. The summed E-state index contributed by atoms with van der Waals surface area (Å²) in [5, 5.41) is 0. The summed E-state index contributed by atoms with van der Waals surface area (Å²) in [6.45, 7) is 3.77. The monoisotopic (exact) mass is 162 g/mol. The average Bonchev–Trinajstić information content (AvgIpc) is 1.82. The number of carbonyl (C=O) groups is 1. The summed E-state index contributed by atoms with van der Waals surface area (Å²) >= 11 is 3.92. The van der Waals surface area contributed by atoms with Gasteiger partial charge in [0, 0.05) is 6.42 Å². The van der Waals surface area contributed by atoms with Crippen molar-refractivity contribution in [2.75, 3.05) is 0 Å². The molecule has 0 aliphatic rings. The molecule has 1 atom stereocenters. The number of esters is 1. The fourth-order valence-electron chi connectivity index (χ4n) is 0.570. The minimum atomic E-state index is -0.274. The van der Waals surface area contributed by atoms with Gasteiger partial charge in [0.05, 0.1) is 0 Å². The first-order chi connectivity index (χ1) is 4.66. The first-order valence-electron chi connectivity index (χ1n) is 3.54. The van der Waals surface area contributed by atoms with Gasteiger partial charge in [-0.3, -0.25) is 4.79 Å². The van der Waals surface area contributed by atoms with Gasteiger partial charge in [-0.2, -0.15) is 0 Å². The molecule has 0 spiro atoms. The summed E-state index contributed by atoms with van der Waals surface area (Å²) in [5.74, 6) is -0.149. The normalized spacial score (nSPS) is 12.7. The van der Waals surface area contributed by atoms with Crippen LogP contribution in [-0.2, 0) is 9.53 Å². The van der Waals surface area contributed by atoms with E-state index in [9.17, 15) is 4.79 Å². The third kappa shape index (κ3) is 5.95. The summed E-state index contributed by atoms with van der Waals surface area (Å²) < 4.78 is 4.78. The molecule has 0 aromatic heterocycles. The zero-order valence-electron chi connectivity index (χ0n) is 6.46. The van der Waals surface area contributed by atoms with E-state index in [1.807, 2.05) is 6.92 Å². The van der Waals surface area contributed by atoms with E-state index in [0.29, 0.717) is 6.42 Å². The fraction of sp³-hybridized carbons (Fsp3) is 0.857. The topological polar surface area (TPSA) is 26.3 Å². The molecule has 2 nitrogen and oxygen atoms in total. The molecule has 0 radical (unpaired) electrons. The Morgan fingerprint density at radius 1 is 1.70 bits per heavy atom. The standard InChI is InChI=1S/C7H14O2S/c1-3-4-5-7(8)9-6(2)10/h6,10H,3-5H2,1-2H3. The van der Waals surface area contributed by atoms with Crippen molar-refractivity contribution in [1.29, 1.82) is 0 Å². The zero-order valence-corrected chi connectivity index (χ0v) is 7.36. The van der Waals surface area contributed by atoms with Crippen LogP contribution >= 0.6 is 12.6 Å². The van der Waals surface area contributed by atoms with Crippen LogP contribution in [0.15, 0.2) is 0 Å². The van der Waals surface area contributed by atoms with Crippen LogP contribution in [0.1, 0.15) is 33.1 Å². The van der Waals surface area contributed by atoms with Crippen molar-refractivity contribution < 1.29 is 9.53 Å². The molecule has 0 rings (SSSR count). The molecule has 0 aromatic carbocycles. The molecule has 0 saturated carbocycles. The SMILES string of the molecule is CCCCC(=O)OC(C)S. The van der Waals surface area contributed by atoms with Crippen LogP contribution in [0.3, 0.4) is 0 Å². The largest absolute Gasteiger partial charge is 0.452 e. The highest BCUT2D eigenvalue weighted by Gasteiger charge is 2.03. The molecule has 0 amide bonds. The Labute approximate surface area is 67.4 Å². The highest BCUT2D eigenvalue weighted by atomic mass is 32.1. The fourth-order valence-corrected chi connectivity index (χ4v) is 0.688. The molecule has 1 unspecified atom stereocenters. The van der Waals surface area contributed by atoms with Crippen molar-refractivity contribution in [3.63, 3.8) is 0 Å².